The molecule has 8 aromatic carbocycles. The van der Waals surface area contributed by atoms with Crippen molar-refractivity contribution in [2.45, 2.75) is 52.4 Å². The van der Waals surface area contributed by atoms with Gasteiger partial charge < -0.3 is 9.80 Å². The van der Waals surface area contributed by atoms with Gasteiger partial charge in [-0.05, 0) is 101 Å². The van der Waals surface area contributed by atoms with E-state index in [2.05, 4.69) is 177 Å². The molecule has 8 aromatic rings. The second kappa shape index (κ2) is 13.4. The van der Waals surface area contributed by atoms with Crippen LogP contribution in [0.3, 0.4) is 0 Å². The van der Waals surface area contributed by atoms with E-state index in [-0.39, 0.29) is 0 Å². The number of nitrogens with zero attached hydrogens (tertiary/aromatic N) is 2. The minimum absolute atomic E-state index is 0.664. The highest BCUT2D eigenvalue weighted by Gasteiger charge is 2.31. The van der Waals surface area contributed by atoms with E-state index >= 15 is 0 Å². The van der Waals surface area contributed by atoms with Gasteiger partial charge in [0.2, 0.25) is 0 Å². The first kappa shape index (κ1) is 36.6. The van der Waals surface area contributed by atoms with Gasteiger partial charge in [-0.15, -0.1) is 0 Å². The summed E-state index contributed by atoms with van der Waals surface area (Å²) in [4.78, 5) is 4.45. The third-order valence-electron chi connectivity index (χ3n) is 10.8. The molecule has 0 heterocycles. The zero-order chi connectivity index (χ0) is 38.9. The molecular weight excluding hydrogens is 718 g/mol. The van der Waals surface area contributed by atoms with Crippen molar-refractivity contribution in [1.29, 1.82) is 0 Å². The van der Waals surface area contributed by atoms with Gasteiger partial charge >= 0.3 is 6.18 Å². The SMILES string of the molecule is Cc1ccc(N(c2ccc([Si](C)(C)C)cc2)c2ccc3ccc4c(N(c5ccc(C(F)(F)F)cc5)c5ccc([Si](C)(C)C)cc5)ccc5ccc2c3c54)cc1. The molecule has 0 spiro atoms. The van der Waals surface area contributed by atoms with E-state index in [9.17, 15) is 13.2 Å². The molecule has 0 atom stereocenters. The molecule has 0 N–H and O–H groups in total. The van der Waals surface area contributed by atoms with E-state index in [4.69, 9.17) is 0 Å². The van der Waals surface area contributed by atoms with Crippen molar-refractivity contribution in [2.75, 3.05) is 9.80 Å². The maximum Gasteiger partial charge on any atom is 0.416 e. The van der Waals surface area contributed by atoms with Gasteiger partial charge in [0.15, 0.2) is 0 Å². The van der Waals surface area contributed by atoms with Crippen molar-refractivity contribution < 1.29 is 13.2 Å². The van der Waals surface area contributed by atoms with Crippen LogP contribution in [0.2, 0.25) is 39.3 Å². The Morgan fingerprint density at radius 1 is 0.400 bits per heavy atom. The van der Waals surface area contributed by atoms with Gasteiger partial charge in [-0.2, -0.15) is 13.2 Å². The maximum atomic E-state index is 13.7. The quantitative estimate of drug-likeness (QED) is 0.112. The van der Waals surface area contributed by atoms with Crippen LogP contribution < -0.4 is 20.2 Å². The van der Waals surface area contributed by atoms with Crippen LogP contribution in [0.1, 0.15) is 11.1 Å². The summed E-state index contributed by atoms with van der Waals surface area (Å²) in [6.07, 6.45) is -4.42. The highest BCUT2D eigenvalue weighted by molar-refractivity contribution is 6.89. The van der Waals surface area contributed by atoms with Crippen LogP contribution in [-0.2, 0) is 6.18 Å². The van der Waals surface area contributed by atoms with Crippen LogP contribution in [0.15, 0.2) is 146 Å². The Bertz CT molecular complexity index is 2580. The lowest BCUT2D eigenvalue weighted by Crippen LogP contribution is -2.37. The molecule has 0 fully saturated rings. The summed E-state index contributed by atoms with van der Waals surface area (Å²) in [7, 11) is -3.09. The van der Waals surface area contributed by atoms with Crippen molar-refractivity contribution in [3.8, 4) is 0 Å². The minimum atomic E-state index is -4.42. The second-order valence-corrected chi connectivity index (χ2v) is 26.9. The van der Waals surface area contributed by atoms with E-state index in [0.717, 1.165) is 60.8 Å². The summed E-state index contributed by atoms with van der Waals surface area (Å²) in [6, 6.07) is 49.3. The summed E-state index contributed by atoms with van der Waals surface area (Å²) in [5, 5.41) is 9.42. The first-order chi connectivity index (χ1) is 26.1. The minimum Gasteiger partial charge on any atom is -0.310 e. The number of alkyl halides is 3. The third-order valence-corrected chi connectivity index (χ3v) is 15.0. The summed E-state index contributed by atoms with van der Waals surface area (Å²) in [6.45, 7) is 16.2. The molecule has 8 rings (SSSR count). The molecule has 0 saturated heterocycles. The number of hydrogen-bond acceptors (Lipinski definition) is 2. The first-order valence-corrected chi connectivity index (χ1v) is 25.8. The molecule has 0 aliphatic heterocycles. The molecule has 0 aliphatic rings. The summed E-state index contributed by atoms with van der Waals surface area (Å²) >= 11 is 0. The lowest BCUT2D eigenvalue weighted by Gasteiger charge is -2.30. The average Bonchev–Trinajstić information content (AvgIpc) is 3.15. The number of rotatable bonds is 8. The van der Waals surface area contributed by atoms with Crippen molar-refractivity contribution in [3.63, 3.8) is 0 Å². The molecular formula is C48H45F3N2Si2. The highest BCUT2D eigenvalue weighted by Crippen LogP contribution is 2.47. The fourth-order valence-electron chi connectivity index (χ4n) is 7.73. The fraction of sp³-hybridized carbons (Fsp3) is 0.167. The van der Waals surface area contributed by atoms with E-state index < -0.39 is 27.9 Å². The zero-order valence-corrected chi connectivity index (χ0v) is 34.4. The molecule has 276 valence electrons. The topological polar surface area (TPSA) is 6.48 Å². The molecule has 0 radical (unpaired) electrons. The van der Waals surface area contributed by atoms with Crippen molar-refractivity contribution in [3.05, 3.63) is 157 Å². The zero-order valence-electron chi connectivity index (χ0n) is 32.4. The Labute approximate surface area is 323 Å². The normalized spacial score (nSPS) is 12.5. The maximum absolute atomic E-state index is 13.7. The van der Waals surface area contributed by atoms with Crippen LogP contribution in [0.4, 0.5) is 47.3 Å². The molecule has 0 bridgehead atoms. The van der Waals surface area contributed by atoms with E-state index in [1.165, 1.54) is 28.1 Å². The lowest BCUT2D eigenvalue weighted by atomic mass is 9.91. The monoisotopic (exact) mass is 762 g/mol. The van der Waals surface area contributed by atoms with Gasteiger partial charge in [-0.3, -0.25) is 0 Å². The van der Waals surface area contributed by atoms with E-state index in [1.807, 2.05) is 0 Å². The van der Waals surface area contributed by atoms with Crippen molar-refractivity contribution in [1.82, 2.24) is 0 Å². The Hall–Kier alpha value is -5.38. The van der Waals surface area contributed by atoms with Gasteiger partial charge in [0, 0.05) is 33.5 Å². The van der Waals surface area contributed by atoms with Crippen LogP contribution in [0.5, 0.6) is 0 Å². The third kappa shape index (κ3) is 6.81. The Morgan fingerprint density at radius 3 is 1.07 bits per heavy atom. The summed E-state index contributed by atoms with van der Waals surface area (Å²) in [5.74, 6) is 0. The molecule has 55 heavy (non-hydrogen) atoms. The molecule has 0 saturated carbocycles. The second-order valence-electron chi connectivity index (χ2n) is 16.7. The molecule has 0 aromatic heterocycles. The Morgan fingerprint density at radius 2 is 0.727 bits per heavy atom. The smallest absolute Gasteiger partial charge is 0.310 e. The van der Waals surface area contributed by atoms with Crippen LogP contribution in [0, 0.1) is 6.92 Å². The van der Waals surface area contributed by atoms with Gasteiger partial charge in [0.05, 0.1) is 33.1 Å². The molecule has 0 amide bonds. The number of anilines is 6. The van der Waals surface area contributed by atoms with Crippen LogP contribution >= 0.6 is 0 Å². The standard InChI is InChI=1S/C48H45F3N2Si2/c1-32-8-16-36(17-9-32)52(38-20-24-40(25-21-38)54(2,3)4)44-30-12-33-11-29-43-45(31-13-34-10-28-42(44)46(33)47(34)43)53(37-18-14-35(15-19-37)48(49,50)51)39-22-26-41(27-23-39)55(5,6)7/h8-31H,1-7H3. The van der Waals surface area contributed by atoms with Gasteiger partial charge in [0.1, 0.15) is 0 Å². The van der Waals surface area contributed by atoms with Gasteiger partial charge in [-0.1, -0.05) is 128 Å². The van der Waals surface area contributed by atoms with E-state index in [0.29, 0.717) is 5.69 Å². The number of hydrogen-bond donors (Lipinski definition) is 0. The number of benzene rings is 8. The molecule has 7 heteroatoms. The van der Waals surface area contributed by atoms with Gasteiger partial charge in [0.25, 0.3) is 0 Å². The Kier molecular flexibility index (Phi) is 8.93. The number of halogens is 3. The Balaban J connectivity index is 1.36. The van der Waals surface area contributed by atoms with Crippen molar-refractivity contribution in [2.24, 2.45) is 0 Å². The average molecular weight is 763 g/mol. The molecule has 0 unspecified atom stereocenters. The summed E-state index contributed by atoms with van der Waals surface area (Å²) < 4.78 is 41.2. The lowest BCUT2D eigenvalue weighted by molar-refractivity contribution is -0.137. The molecule has 2 nitrogen and oxygen atoms in total. The fourth-order valence-corrected chi connectivity index (χ4v) is 10.1. The predicted octanol–water partition coefficient (Wildman–Crippen LogP) is 13.9. The summed E-state index contributed by atoms with van der Waals surface area (Å²) in [5.41, 5.74) is 6.26. The number of aryl methyl sites for hydroxylation is 1. The van der Waals surface area contributed by atoms with Crippen LogP contribution in [-0.4, -0.2) is 16.1 Å². The van der Waals surface area contributed by atoms with Crippen molar-refractivity contribution >= 4 is 93.0 Å². The van der Waals surface area contributed by atoms with Crippen LogP contribution in [0.25, 0.3) is 32.3 Å². The van der Waals surface area contributed by atoms with Gasteiger partial charge in [-0.25, -0.2) is 0 Å². The predicted molar refractivity (Wildman–Crippen MR) is 235 cm³/mol. The largest absolute Gasteiger partial charge is 0.416 e. The molecule has 0 aliphatic carbocycles. The first-order valence-electron chi connectivity index (χ1n) is 18.8. The van der Waals surface area contributed by atoms with E-state index in [1.54, 1.807) is 12.1 Å². The highest BCUT2D eigenvalue weighted by atomic mass is 28.3.